The molecule has 0 aliphatic carbocycles. The standard InChI is InChI=1S/C10H15NO3/c1-10(2,7-12)11-9(13)8-3-5-14-6-4-8/h3-5,12H,6-7H2,1-2H3,(H,11,13). The Bertz CT molecular complexity index is 279. The van der Waals surface area contributed by atoms with Crippen molar-refractivity contribution < 1.29 is 14.6 Å². The van der Waals surface area contributed by atoms with Crippen molar-refractivity contribution in [2.75, 3.05) is 13.2 Å². The maximum absolute atomic E-state index is 11.6. The van der Waals surface area contributed by atoms with Gasteiger partial charge in [-0.2, -0.15) is 0 Å². The predicted molar refractivity (Wildman–Crippen MR) is 52.5 cm³/mol. The summed E-state index contributed by atoms with van der Waals surface area (Å²) in [6.45, 7) is 3.84. The topological polar surface area (TPSA) is 58.6 Å². The van der Waals surface area contributed by atoms with E-state index in [1.165, 1.54) is 6.26 Å². The number of carbonyl (C=O) groups is 1. The highest BCUT2D eigenvalue weighted by atomic mass is 16.5. The Hall–Kier alpha value is -1.29. The van der Waals surface area contributed by atoms with Gasteiger partial charge in [0.25, 0.3) is 5.91 Å². The van der Waals surface area contributed by atoms with E-state index in [-0.39, 0.29) is 12.5 Å². The number of hydrogen-bond acceptors (Lipinski definition) is 3. The number of carbonyl (C=O) groups excluding carboxylic acids is 1. The zero-order chi connectivity index (χ0) is 10.6. The monoisotopic (exact) mass is 197 g/mol. The van der Waals surface area contributed by atoms with E-state index in [4.69, 9.17) is 9.84 Å². The van der Waals surface area contributed by atoms with E-state index in [0.717, 1.165) is 0 Å². The predicted octanol–water partition coefficient (Wildman–Crippen LogP) is 0.344. The van der Waals surface area contributed by atoms with Gasteiger partial charge in [-0.05, 0) is 26.0 Å². The van der Waals surface area contributed by atoms with Crippen LogP contribution in [-0.4, -0.2) is 29.8 Å². The van der Waals surface area contributed by atoms with Crippen LogP contribution in [0.15, 0.2) is 24.0 Å². The lowest BCUT2D eigenvalue weighted by Gasteiger charge is -2.24. The highest BCUT2D eigenvalue weighted by Gasteiger charge is 2.20. The average molecular weight is 197 g/mol. The van der Waals surface area contributed by atoms with Crippen LogP contribution in [0.3, 0.4) is 0 Å². The van der Waals surface area contributed by atoms with Gasteiger partial charge in [-0.25, -0.2) is 0 Å². The first-order chi connectivity index (χ1) is 6.55. The smallest absolute Gasteiger partial charge is 0.251 e. The molecule has 0 aromatic rings. The van der Waals surface area contributed by atoms with E-state index in [2.05, 4.69) is 5.32 Å². The van der Waals surface area contributed by atoms with Crippen LogP contribution in [0, 0.1) is 0 Å². The summed E-state index contributed by atoms with van der Waals surface area (Å²) in [6.07, 6.45) is 4.79. The fraction of sp³-hybridized carbons (Fsp3) is 0.500. The largest absolute Gasteiger partial charge is 0.497 e. The van der Waals surface area contributed by atoms with Crippen molar-refractivity contribution in [3.8, 4) is 0 Å². The molecule has 4 nitrogen and oxygen atoms in total. The number of nitrogens with one attached hydrogen (secondary N) is 1. The minimum atomic E-state index is -0.593. The summed E-state index contributed by atoms with van der Waals surface area (Å²) >= 11 is 0. The van der Waals surface area contributed by atoms with Crippen molar-refractivity contribution in [3.63, 3.8) is 0 Å². The molecule has 0 fully saturated rings. The Kier molecular flexibility index (Phi) is 3.30. The molecule has 1 aliphatic heterocycles. The second-order valence-electron chi connectivity index (χ2n) is 3.79. The van der Waals surface area contributed by atoms with E-state index in [1.54, 1.807) is 26.0 Å². The molecule has 14 heavy (non-hydrogen) atoms. The molecule has 0 aromatic carbocycles. The van der Waals surface area contributed by atoms with Crippen LogP contribution >= 0.6 is 0 Å². The minimum Gasteiger partial charge on any atom is -0.497 e. The van der Waals surface area contributed by atoms with Gasteiger partial charge in [-0.15, -0.1) is 0 Å². The van der Waals surface area contributed by atoms with Gasteiger partial charge in [-0.1, -0.05) is 0 Å². The van der Waals surface area contributed by atoms with E-state index in [0.29, 0.717) is 12.2 Å². The molecular weight excluding hydrogens is 182 g/mol. The Balaban J connectivity index is 2.58. The van der Waals surface area contributed by atoms with Crippen LogP contribution in [0.4, 0.5) is 0 Å². The number of hydrogen-bond donors (Lipinski definition) is 2. The SMILES string of the molecule is CC(C)(CO)NC(=O)C1=CCOC=C1. The lowest BCUT2D eigenvalue weighted by Crippen LogP contribution is -2.46. The molecule has 1 amide bonds. The molecule has 0 bridgehead atoms. The summed E-state index contributed by atoms with van der Waals surface area (Å²) in [6, 6.07) is 0. The molecule has 0 aromatic heterocycles. The molecule has 1 heterocycles. The van der Waals surface area contributed by atoms with Crippen LogP contribution in [0.25, 0.3) is 0 Å². The van der Waals surface area contributed by atoms with E-state index >= 15 is 0 Å². The second kappa shape index (κ2) is 4.28. The molecule has 0 unspecified atom stereocenters. The fourth-order valence-electron chi connectivity index (χ4n) is 0.970. The Morgan fingerprint density at radius 3 is 2.93 bits per heavy atom. The summed E-state index contributed by atoms with van der Waals surface area (Å²) in [5.74, 6) is -0.191. The van der Waals surface area contributed by atoms with Gasteiger partial charge in [-0.3, -0.25) is 4.79 Å². The molecule has 78 valence electrons. The highest BCUT2D eigenvalue weighted by molar-refractivity contribution is 5.96. The fourth-order valence-corrected chi connectivity index (χ4v) is 0.970. The van der Waals surface area contributed by atoms with Gasteiger partial charge in [0.15, 0.2) is 0 Å². The zero-order valence-electron chi connectivity index (χ0n) is 8.41. The van der Waals surface area contributed by atoms with Gasteiger partial charge >= 0.3 is 0 Å². The molecule has 0 saturated carbocycles. The first kappa shape index (κ1) is 10.8. The normalized spacial score (nSPS) is 15.8. The number of amides is 1. The van der Waals surface area contributed by atoms with Crippen LogP contribution in [-0.2, 0) is 9.53 Å². The quantitative estimate of drug-likeness (QED) is 0.686. The molecule has 2 N–H and O–H groups in total. The second-order valence-corrected chi connectivity index (χ2v) is 3.79. The molecule has 1 rings (SSSR count). The number of aliphatic hydroxyl groups excluding tert-OH is 1. The molecule has 1 aliphatic rings. The van der Waals surface area contributed by atoms with Gasteiger partial charge < -0.3 is 15.2 Å². The van der Waals surface area contributed by atoms with Crippen molar-refractivity contribution in [1.82, 2.24) is 5.32 Å². The number of rotatable bonds is 3. The van der Waals surface area contributed by atoms with Gasteiger partial charge in [0, 0.05) is 5.57 Å². The van der Waals surface area contributed by atoms with Crippen LogP contribution < -0.4 is 5.32 Å². The highest BCUT2D eigenvalue weighted by Crippen LogP contribution is 2.07. The van der Waals surface area contributed by atoms with Gasteiger partial charge in [0.05, 0.1) is 18.4 Å². The van der Waals surface area contributed by atoms with Crippen LogP contribution in [0.1, 0.15) is 13.8 Å². The third-order valence-electron chi connectivity index (χ3n) is 1.85. The van der Waals surface area contributed by atoms with E-state index in [1.807, 2.05) is 0 Å². The third-order valence-corrected chi connectivity index (χ3v) is 1.85. The summed E-state index contributed by atoms with van der Waals surface area (Å²) < 4.78 is 4.92. The first-order valence-corrected chi connectivity index (χ1v) is 4.47. The first-order valence-electron chi connectivity index (χ1n) is 4.47. The van der Waals surface area contributed by atoms with Crippen LogP contribution in [0.2, 0.25) is 0 Å². The molecule has 4 heteroatoms. The van der Waals surface area contributed by atoms with Gasteiger partial charge in [0.2, 0.25) is 0 Å². The third kappa shape index (κ3) is 2.88. The Labute approximate surface area is 83.3 Å². The Morgan fingerprint density at radius 1 is 1.71 bits per heavy atom. The summed E-state index contributed by atoms with van der Waals surface area (Å²) in [5.41, 5.74) is -0.0258. The molecule has 0 radical (unpaired) electrons. The lowest BCUT2D eigenvalue weighted by atomic mass is 10.1. The van der Waals surface area contributed by atoms with Crippen molar-refractivity contribution >= 4 is 5.91 Å². The molecule has 0 spiro atoms. The van der Waals surface area contributed by atoms with Crippen molar-refractivity contribution in [1.29, 1.82) is 0 Å². The zero-order valence-corrected chi connectivity index (χ0v) is 8.41. The summed E-state index contributed by atoms with van der Waals surface area (Å²) in [7, 11) is 0. The maximum atomic E-state index is 11.6. The molecule has 0 atom stereocenters. The van der Waals surface area contributed by atoms with E-state index < -0.39 is 5.54 Å². The van der Waals surface area contributed by atoms with Crippen molar-refractivity contribution in [2.45, 2.75) is 19.4 Å². The lowest BCUT2D eigenvalue weighted by molar-refractivity contribution is -0.119. The summed E-state index contributed by atoms with van der Waals surface area (Å²) in [5, 5.41) is 11.7. The molecular formula is C10H15NO3. The number of aliphatic hydroxyl groups is 1. The number of ether oxygens (including phenoxy) is 1. The maximum Gasteiger partial charge on any atom is 0.251 e. The summed E-state index contributed by atoms with van der Waals surface area (Å²) in [4.78, 5) is 11.6. The van der Waals surface area contributed by atoms with Gasteiger partial charge in [0.1, 0.15) is 6.61 Å². The molecule has 0 saturated heterocycles. The Morgan fingerprint density at radius 2 is 2.43 bits per heavy atom. The van der Waals surface area contributed by atoms with E-state index in [9.17, 15) is 4.79 Å². The minimum absolute atomic E-state index is 0.0910. The van der Waals surface area contributed by atoms with Crippen LogP contribution in [0.5, 0.6) is 0 Å². The average Bonchev–Trinajstić information content (AvgIpc) is 2.19. The van der Waals surface area contributed by atoms with Crippen molar-refractivity contribution in [3.05, 3.63) is 24.0 Å². The van der Waals surface area contributed by atoms with Crippen molar-refractivity contribution in [2.24, 2.45) is 0 Å².